The van der Waals surface area contributed by atoms with Gasteiger partial charge in [-0.25, -0.2) is 13.1 Å². The highest BCUT2D eigenvalue weighted by Gasteiger charge is 2.29. The van der Waals surface area contributed by atoms with E-state index in [2.05, 4.69) is 4.72 Å². The first-order chi connectivity index (χ1) is 10.7. The van der Waals surface area contributed by atoms with Crippen molar-refractivity contribution in [3.05, 3.63) is 22.7 Å². The van der Waals surface area contributed by atoms with Crippen LogP contribution in [-0.2, 0) is 14.8 Å². The first-order valence-electron chi connectivity index (χ1n) is 7.44. The first-order valence-corrected chi connectivity index (χ1v) is 9.30. The summed E-state index contributed by atoms with van der Waals surface area (Å²) < 4.78 is 33.5. The van der Waals surface area contributed by atoms with E-state index in [1.807, 2.05) is 0 Å². The van der Waals surface area contributed by atoms with Gasteiger partial charge in [-0.1, -0.05) is 11.6 Å². The van der Waals surface area contributed by atoms with Crippen LogP contribution in [0.25, 0.3) is 0 Å². The number of likely N-dealkylation sites (tertiary alicyclic amines) is 1. The summed E-state index contributed by atoms with van der Waals surface area (Å²) in [5, 5.41) is 0.366. The number of hydrogen-bond donors (Lipinski definition) is 1. The molecule has 8 heteroatoms. The molecule has 1 N–H and O–H groups in total. The van der Waals surface area contributed by atoms with Crippen LogP contribution in [0.3, 0.4) is 0 Å². The molecule has 1 saturated heterocycles. The molecule has 1 heterocycles. The lowest BCUT2D eigenvalue weighted by Gasteiger charge is -2.30. The number of carbonyl (C=O) groups excluding carboxylic acids is 1. The molecule has 0 radical (unpaired) electrons. The molecule has 1 atom stereocenters. The van der Waals surface area contributed by atoms with E-state index in [1.165, 1.54) is 11.0 Å². The van der Waals surface area contributed by atoms with Crippen LogP contribution in [0.1, 0.15) is 25.3 Å². The lowest BCUT2D eigenvalue weighted by molar-refractivity contribution is -0.132. The van der Waals surface area contributed by atoms with Crippen molar-refractivity contribution in [2.75, 3.05) is 20.2 Å². The van der Waals surface area contributed by atoms with Gasteiger partial charge in [-0.3, -0.25) is 4.79 Å². The predicted molar refractivity (Wildman–Crippen MR) is 88.3 cm³/mol. The van der Waals surface area contributed by atoms with Crippen molar-refractivity contribution in [2.24, 2.45) is 0 Å². The quantitative estimate of drug-likeness (QED) is 0.870. The molecule has 1 aliphatic rings. The molecule has 6 nitrogen and oxygen atoms in total. The number of sulfonamides is 1. The fraction of sp³-hybridized carbons (Fsp3) is 0.533. The van der Waals surface area contributed by atoms with Gasteiger partial charge in [0.15, 0.2) is 0 Å². The van der Waals surface area contributed by atoms with Crippen molar-refractivity contribution in [1.29, 1.82) is 0 Å². The van der Waals surface area contributed by atoms with Crippen molar-refractivity contribution in [3.63, 3.8) is 0 Å². The summed E-state index contributed by atoms with van der Waals surface area (Å²) in [6, 6.07) is 2.70. The molecule has 1 unspecified atom stereocenters. The van der Waals surface area contributed by atoms with E-state index >= 15 is 0 Å². The second-order valence-electron chi connectivity index (χ2n) is 5.61. The van der Waals surface area contributed by atoms with Crippen molar-refractivity contribution < 1.29 is 17.9 Å². The molecule has 0 aliphatic carbocycles. The van der Waals surface area contributed by atoms with Crippen molar-refractivity contribution >= 4 is 27.5 Å². The number of hydrogen-bond acceptors (Lipinski definition) is 4. The molecule has 1 aliphatic heterocycles. The van der Waals surface area contributed by atoms with Crippen LogP contribution in [-0.4, -0.2) is 45.5 Å². The summed E-state index contributed by atoms with van der Waals surface area (Å²) in [5.74, 6) is 0.302. The Balaban J connectivity index is 2.29. The fourth-order valence-corrected chi connectivity index (χ4v) is 4.15. The number of aryl methyl sites for hydroxylation is 1. The Morgan fingerprint density at radius 1 is 1.43 bits per heavy atom. The SMILES string of the molecule is CCOc1cc(C)c(Cl)cc1S(=O)(=O)NC1CCC(=O)N(C)C1. The zero-order valence-corrected chi connectivity index (χ0v) is 15.0. The summed E-state index contributed by atoms with van der Waals surface area (Å²) in [7, 11) is -2.13. The molecule has 1 fully saturated rings. The molecular formula is C15H21ClN2O4S. The van der Waals surface area contributed by atoms with E-state index in [-0.39, 0.29) is 22.6 Å². The molecule has 2 rings (SSSR count). The van der Waals surface area contributed by atoms with E-state index < -0.39 is 10.0 Å². The number of ether oxygens (including phenoxy) is 1. The largest absolute Gasteiger partial charge is 0.492 e. The Morgan fingerprint density at radius 3 is 2.74 bits per heavy atom. The number of amides is 1. The van der Waals surface area contributed by atoms with E-state index in [0.29, 0.717) is 31.0 Å². The molecule has 1 amide bonds. The number of likely N-dealkylation sites (N-methyl/N-ethyl adjacent to an activating group) is 1. The number of carbonyl (C=O) groups is 1. The summed E-state index contributed by atoms with van der Waals surface area (Å²) in [6.45, 7) is 4.28. The molecule has 23 heavy (non-hydrogen) atoms. The topological polar surface area (TPSA) is 75.7 Å². The zero-order chi connectivity index (χ0) is 17.2. The molecule has 0 spiro atoms. The molecular weight excluding hydrogens is 340 g/mol. The Morgan fingerprint density at radius 2 is 2.13 bits per heavy atom. The number of halogens is 1. The van der Waals surface area contributed by atoms with Crippen molar-refractivity contribution in [1.82, 2.24) is 9.62 Å². The third-order valence-corrected chi connectivity index (χ3v) is 5.71. The average molecular weight is 361 g/mol. The van der Waals surface area contributed by atoms with E-state index in [9.17, 15) is 13.2 Å². The number of nitrogens with zero attached hydrogens (tertiary/aromatic N) is 1. The number of piperidine rings is 1. The van der Waals surface area contributed by atoms with Crippen LogP contribution < -0.4 is 9.46 Å². The van der Waals surface area contributed by atoms with Gasteiger partial charge >= 0.3 is 0 Å². The number of nitrogens with one attached hydrogen (secondary N) is 1. The maximum Gasteiger partial charge on any atom is 0.244 e. The van der Waals surface area contributed by atoms with Gasteiger partial charge in [0.25, 0.3) is 0 Å². The summed E-state index contributed by atoms with van der Waals surface area (Å²) in [6.07, 6.45) is 0.808. The molecule has 0 aromatic heterocycles. The predicted octanol–water partition coefficient (Wildman–Crippen LogP) is 1.95. The summed E-state index contributed by atoms with van der Waals surface area (Å²) >= 11 is 6.08. The highest BCUT2D eigenvalue weighted by Crippen LogP contribution is 2.30. The molecule has 1 aromatic carbocycles. The second kappa shape index (κ2) is 7.07. The van der Waals surface area contributed by atoms with Gasteiger partial charge in [-0.15, -0.1) is 0 Å². The van der Waals surface area contributed by atoms with Gasteiger partial charge in [0, 0.05) is 31.1 Å². The standard InChI is InChI=1S/C15H21ClN2O4S/c1-4-22-13-7-10(2)12(16)8-14(13)23(20,21)17-11-5-6-15(19)18(3)9-11/h7-8,11,17H,4-6,9H2,1-3H3. The maximum atomic E-state index is 12.7. The minimum Gasteiger partial charge on any atom is -0.492 e. The maximum absolute atomic E-state index is 12.7. The van der Waals surface area contributed by atoms with Crippen LogP contribution in [0.4, 0.5) is 0 Å². The zero-order valence-electron chi connectivity index (χ0n) is 13.4. The van der Waals surface area contributed by atoms with Crippen LogP contribution in [0.15, 0.2) is 17.0 Å². The smallest absolute Gasteiger partial charge is 0.244 e. The monoisotopic (exact) mass is 360 g/mol. The normalized spacial score (nSPS) is 19.0. The number of rotatable bonds is 5. The van der Waals surface area contributed by atoms with Crippen LogP contribution in [0.5, 0.6) is 5.75 Å². The molecule has 128 valence electrons. The van der Waals surface area contributed by atoms with Crippen LogP contribution in [0.2, 0.25) is 5.02 Å². The van der Waals surface area contributed by atoms with Gasteiger partial charge in [0.1, 0.15) is 10.6 Å². The van der Waals surface area contributed by atoms with Gasteiger partial charge in [0.2, 0.25) is 15.9 Å². The minimum absolute atomic E-state index is 0.0221. The number of benzene rings is 1. The van der Waals surface area contributed by atoms with Gasteiger partial charge in [-0.05, 0) is 38.0 Å². The molecule has 0 saturated carbocycles. The highest BCUT2D eigenvalue weighted by molar-refractivity contribution is 7.89. The Bertz CT molecular complexity index is 706. The third-order valence-electron chi connectivity index (χ3n) is 3.76. The van der Waals surface area contributed by atoms with E-state index in [0.717, 1.165) is 5.56 Å². The van der Waals surface area contributed by atoms with Gasteiger partial charge < -0.3 is 9.64 Å². The second-order valence-corrected chi connectivity index (χ2v) is 7.70. The van der Waals surface area contributed by atoms with Crippen LogP contribution >= 0.6 is 11.6 Å². The van der Waals surface area contributed by atoms with E-state index in [1.54, 1.807) is 27.0 Å². The highest BCUT2D eigenvalue weighted by atomic mass is 35.5. The van der Waals surface area contributed by atoms with Crippen molar-refractivity contribution in [3.8, 4) is 5.75 Å². The molecule has 0 bridgehead atoms. The fourth-order valence-electron chi connectivity index (χ4n) is 2.51. The lowest BCUT2D eigenvalue weighted by atomic mass is 10.1. The first kappa shape index (κ1) is 18.0. The van der Waals surface area contributed by atoms with Gasteiger partial charge in [0.05, 0.1) is 6.61 Å². The van der Waals surface area contributed by atoms with Gasteiger partial charge in [-0.2, -0.15) is 0 Å². The van der Waals surface area contributed by atoms with E-state index in [4.69, 9.17) is 16.3 Å². The average Bonchev–Trinajstić information content (AvgIpc) is 2.46. The molecule has 1 aromatic rings. The summed E-state index contributed by atoms with van der Waals surface area (Å²) in [4.78, 5) is 13.1. The van der Waals surface area contributed by atoms with Crippen LogP contribution in [0, 0.1) is 6.92 Å². The van der Waals surface area contributed by atoms with Crippen molar-refractivity contribution in [2.45, 2.75) is 37.6 Å². The Kier molecular flexibility index (Phi) is 5.54. The third kappa shape index (κ3) is 4.16. The Labute approximate surface area is 141 Å². The lowest BCUT2D eigenvalue weighted by Crippen LogP contribution is -2.48. The summed E-state index contributed by atoms with van der Waals surface area (Å²) in [5.41, 5.74) is 0.747. The minimum atomic E-state index is -3.79. The Hall–Kier alpha value is -1.31.